The Morgan fingerprint density at radius 2 is 1.90 bits per heavy atom. The van der Waals surface area contributed by atoms with Gasteiger partial charge in [0.1, 0.15) is 0 Å². The quantitative estimate of drug-likeness (QED) is 0.682. The van der Waals surface area contributed by atoms with Crippen LogP contribution in [0.3, 0.4) is 0 Å². The first-order valence-electron chi connectivity index (χ1n) is 7.13. The molecule has 0 aliphatic heterocycles. The van der Waals surface area contributed by atoms with Crippen LogP contribution in [-0.4, -0.2) is 23.5 Å². The average Bonchev–Trinajstić information content (AvgIpc) is 2.44. The number of rotatable bonds is 9. The van der Waals surface area contributed by atoms with E-state index in [4.69, 9.17) is 5.11 Å². The van der Waals surface area contributed by atoms with Gasteiger partial charge in [0, 0.05) is 18.9 Å². The number of hydrogen-bond acceptors (Lipinski definition) is 2. The van der Waals surface area contributed by atoms with Gasteiger partial charge in [0.25, 0.3) is 0 Å². The van der Waals surface area contributed by atoms with Crippen LogP contribution >= 0.6 is 0 Å². The van der Waals surface area contributed by atoms with Crippen LogP contribution in [0.25, 0.3) is 0 Å². The lowest BCUT2D eigenvalue weighted by Gasteiger charge is -2.11. The van der Waals surface area contributed by atoms with Gasteiger partial charge in [-0.25, -0.2) is 0 Å². The zero-order chi connectivity index (χ0) is 14.8. The number of benzene rings is 1. The number of nitrogens with one attached hydrogen (secondary N) is 1. The van der Waals surface area contributed by atoms with Crippen molar-refractivity contribution in [1.82, 2.24) is 5.32 Å². The Bertz CT molecular complexity index is 417. The van der Waals surface area contributed by atoms with E-state index in [2.05, 4.69) is 17.4 Å². The van der Waals surface area contributed by atoms with Crippen molar-refractivity contribution in [2.45, 2.75) is 39.0 Å². The second-order valence-corrected chi connectivity index (χ2v) is 5.07. The molecule has 0 saturated heterocycles. The Balaban J connectivity index is 2.13. The van der Waals surface area contributed by atoms with Crippen molar-refractivity contribution in [3.8, 4) is 0 Å². The second kappa shape index (κ2) is 9.13. The molecule has 0 heterocycles. The van der Waals surface area contributed by atoms with Crippen LogP contribution in [0.2, 0.25) is 0 Å². The molecule has 2 N–H and O–H groups in total. The van der Waals surface area contributed by atoms with Crippen LogP contribution in [0, 0.1) is 5.92 Å². The van der Waals surface area contributed by atoms with Gasteiger partial charge in [0.2, 0.25) is 5.91 Å². The van der Waals surface area contributed by atoms with Crippen LogP contribution in [0.1, 0.15) is 38.2 Å². The highest BCUT2D eigenvalue weighted by molar-refractivity contribution is 5.78. The maximum atomic E-state index is 11.8. The minimum absolute atomic E-state index is 0.0171. The maximum absolute atomic E-state index is 11.8. The Labute approximate surface area is 120 Å². The average molecular weight is 277 g/mol. The summed E-state index contributed by atoms with van der Waals surface area (Å²) in [6, 6.07) is 10.2. The van der Waals surface area contributed by atoms with Crippen molar-refractivity contribution >= 4 is 11.9 Å². The summed E-state index contributed by atoms with van der Waals surface area (Å²) < 4.78 is 0. The van der Waals surface area contributed by atoms with Crippen LogP contribution in [0.5, 0.6) is 0 Å². The van der Waals surface area contributed by atoms with E-state index >= 15 is 0 Å². The lowest BCUT2D eigenvalue weighted by atomic mass is 10.0. The second-order valence-electron chi connectivity index (χ2n) is 5.07. The van der Waals surface area contributed by atoms with Crippen molar-refractivity contribution in [2.24, 2.45) is 5.92 Å². The van der Waals surface area contributed by atoms with Gasteiger partial charge in [-0.2, -0.15) is 0 Å². The number of carboxylic acids is 1. The molecule has 0 bridgehead atoms. The molecule has 0 radical (unpaired) electrons. The highest BCUT2D eigenvalue weighted by Gasteiger charge is 2.11. The molecular formula is C16H23NO3. The van der Waals surface area contributed by atoms with Gasteiger partial charge in [0.05, 0.1) is 0 Å². The first-order chi connectivity index (χ1) is 9.59. The topological polar surface area (TPSA) is 66.4 Å². The number of amides is 1. The summed E-state index contributed by atoms with van der Waals surface area (Å²) >= 11 is 0. The SMILES string of the molecule is CC(CCCc1ccccc1)C(=O)NCCCC(=O)O. The summed E-state index contributed by atoms with van der Waals surface area (Å²) in [7, 11) is 0. The fourth-order valence-electron chi connectivity index (χ4n) is 2.01. The molecular weight excluding hydrogens is 254 g/mol. The highest BCUT2D eigenvalue weighted by atomic mass is 16.4. The van der Waals surface area contributed by atoms with E-state index in [1.807, 2.05) is 25.1 Å². The van der Waals surface area contributed by atoms with Gasteiger partial charge >= 0.3 is 5.97 Å². The van der Waals surface area contributed by atoms with Crippen LogP contribution < -0.4 is 5.32 Å². The van der Waals surface area contributed by atoms with Gasteiger partial charge in [-0.3, -0.25) is 9.59 Å². The van der Waals surface area contributed by atoms with Crippen LogP contribution in [-0.2, 0) is 16.0 Å². The van der Waals surface area contributed by atoms with E-state index in [0.29, 0.717) is 13.0 Å². The van der Waals surface area contributed by atoms with Gasteiger partial charge in [0.15, 0.2) is 0 Å². The molecule has 0 spiro atoms. The smallest absolute Gasteiger partial charge is 0.303 e. The van der Waals surface area contributed by atoms with E-state index in [1.165, 1.54) is 5.56 Å². The summed E-state index contributed by atoms with van der Waals surface area (Å²) in [5.41, 5.74) is 1.29. The lowest BCUT2D eigenvalue weighted by molar-refractivity contribution is -0.137. The Morgan fingerprint density at radius 3 is 2.55 bits per heavy atom. The monoisotopic (exact) mass is 277 g/mol. The summed E-state index contributed by atoms with van der Waals surface area (Å²) in [4.78, 5) is 22.1. The number of carbonyl (C=O) groups is 2. The normalized spacial score (nSPS) is 11.8. The molecule has 1 aromatic carbocycles. The molecule has 1 aromatic rings. The van der Waals surface area contributed by atoms with Crippen molar-refractivity contribution in [1.29, 1.82) is 0 Å². The first kappa shape index (κ1) is 16.2. The summed E-state index contributed by atoms with van der Waals surface area (Å²) in [6.07, 6.45) is 3.39. The van der Waals surface area contributed by atoms with E-state index in [0.717, 1.165) is 19.3 Å². The number of aryl methyl sites for hydroxylation is 1. The number of hydrogen-bond donors (Lipinski definition) is 2. The molecule has 20 heavy (non-hydrogen) atoms. The standard InChI is InChI=1S/C16H23NO3/c1-13(16(20)17-12-6-11-15(18)19)7-5-10-14-8-3-2-4-9-14/h2-4,8-9,13H,5-7,10-12H2,1H3,(H,17,20)(H,18,19). The van der Waals surface area contributed by atoms with E-state index in [9.17, 15) is 9.59 Å². The maximum Gasteiger partial charge on any atom is 0.303 e. The largest absolute Gasteiger partial charge is 0.481 e. The molecule has 0 aromatic heterocycles. The third kappa shape index (κ3) is 6.92. The molecule has 0 fully saturated rings. The van der Waals surface area contributed by atoms with Crippen molar-refractivity contribution in [2.75, 3.05) is 6.54 Å². The highest BCUT2D eigenvalue weighted by Crippen LogP contribution is 2.10. The molecule has 1 amide bonds. The van der Waals surface area contributed by atoms with E-state index < -0.39 is 5.97 Å². The summed E-state index contributed by atoms with van der Waals surface area (Å²) in [5.74, 6) is -0.831. The predicted octanol–water partition coefficient (Wildman–Crippen LogP) is 2.63. The fraction of sp³-hybridized carbons (Fsp3) is 0.500. The minimum atomic E-state index is -0.824. The number of carboxylic acid groups (broad SMARTS) is 1. The molecule has 1 unspecified atom stereocenters. The third-order valence-electron chi connectivity index (χ3n) is 3.26. The first-order valence-corrected chi connectivity index (χ1v) is 7.13. The molecule has 4 heteroatoms. The molecule has 0 aliphatic carbocycles. The zero-order valence-corrected chi connectivity index (χ0v) is 12.0. The third-order valence-corrected chi connectivity index (χ3v) is 3.26. The van der Waals surface area contributed by atoms with Crippen molar-refractivity contribution in [3.05, 3.63) is 35.9 Å². The summed E-state index contributed by atoms with van der Waals surface area (Å²) in [6.45, 7) is 2.35. The summed E-state index contributed by atoms with van der Waals surface area (Å²) in [5, 5.41) is 11.3. The lowest BCUT2D eigenvalue weighted by Crippen LogP contribution is -2.30. The Morgan fingerprint density at radius 1 is 1.20 bits per heavy atom. The minimum Gasteiger partial charge on any atom is -0.481 e. The van der Waals surface area contributed by atoms with Gasteiger partial charge < -0.3 is 10.4 Å². The molecule has 110 valence electrons. The van der Waals surface area contributed by atoms with E-state index in [-0.39, 0.29) is 18.2 Å². The fourth-order valence-corrected chi connectivity index (χ4v) is 2.01. The zero-order valence-electron chi connectivity index (χ0n) is 12.0. The number of carbonyl (C=O) groups excluding carboxylic acids is 1. The van der Waals surface area contributed by atoms with E-state index in [1.54, 1.807) is 0 Å². The number of aliphatic carboxylic acids is 1. The molecule has 1 atom stereocenters. The Hall–Kier alpha value is -1.84. The predicted molar refractivity (Wildman–Crippen MR) is 78.4 cm³/mol. The molecule has 1 rings (SSSR count). The van der Waals surface area contributed by atoms with Crippen molar-refractivity contribution < 1.29 is 14.7 Å². The molecule has 4 nitrogen and oxygen atoms in total. The van der Waals surface area contributed by atoms with Gasteiger partial charge in [-0.05, 0) is 31.2 Å². The van der Waals surface area contributed by atoms with Crippen LogP contribution in [0.15, 0.2) is 30.3 Å². The van der Waals surface area contributed by atoms with Gasteiger partial charge in [-0.1, -0.05) is 37.3 Å². The van der Waals surface area contributed by atoms with Gasteiger partial charge in [-0.15, -0.1) is 0 Å². The molecule has 0 saturated carbocycles. The molecule has 0 aliphatic rings. The Kier molecular flexibility index (Phi) is 7.40. The van der Waals surface area contributed by atoms with Crippen molar-refractivity contribution in [3.63, 3.8) is 0 Å². The van der Waals surface area contributed by atoms with Crippen LogP contribution in [0.4, 0.5) is 0 Å².